The van der Waals surface area contributed by atoms with E-state index in [-0.39, 0.29) is 18.4 Å². The molecule has 1 aromatic carbocycles. The van der Waals surface area contributed by atoms with E-state index in [1.54, 1.807) is 31.4 Å². The maximum absolute atomic E-state index is 11.7. The van der Waals surface area contributed by atoms with Crippen LogP contribution in [-0.2, 0) is 14.3 Å². The first-order valence-corrected chi connectivity index (χ1v) is 6.24. The Labute approximate surface area is 117 Å². The van der Waals surface area contributed by atoms with E-state index >= 15 is 0 Å². The van der Waals surface area contributed by atoms with Crippen molar-refractivity contribution in [1.29, 1.82) is 0 Å². The highest BCUT2D eigenvalue weighted by Gasteiger charge is 2.09. The van der Waals surface area contributed by atoms with E-state index in [0.717, 1.165) is 0 Å². The van der Waals surface area contributed by atoms with Gasteiger partial charge in [0.1, 0.15) is 5.75 Å². The van der Waals surface area contributed by atoms with Crippen molar-refractivity contribution in [1.82, 2.24) is 0 Å². The minimum absolute atomic E-state index is 0.0891. The Balaban J connectivity index is 2.44. The van der Waals surface area contributed by atoms with Crippen LogP contribution in [0.1, 0.15) is 13.3 Å². The van der Waals surface area contributed by atoms with E-state index in [1.165, 1.54) is 0 Å². The molecule has 0 saturated heterocycles. The summed E-state index contributed by atoms with van der Waals surface area (Å²) in [6.07, 6.45) is 0.380. The second kappa shape index (κ2) is 8.16. The summed E-state index contributed by atoms with van der Waals surface area (Å²) in [5, 5.41) is 11.2. The van der Waals surface area contributed by atoms with Gasteiger partial charge in [0.2, 0.25) is 5.91 Å². The molecule has 2 N–H and O–H groups in total. The fourth-order valence-electron chi connectivity index (χ4n) is 1.65. The number of rotatable bonds is 8. The second-order valence-electron chi connectivity index (χ2n) is 4.52. The van der Waals surface area contributed by atoms with Crippen LogP contribution in [0, 0.1) is 5.92 Å². The summed E-state index contributed by atoms with van der Waals surface area (Å²) in [7, 11) is 1.60. The molecular weight excluding hydrogens is 262 g/mol. The van der Waals surface area contributed by atoms with Crippen molar-refractivity contribution < 1.29 is 24.2 Å². The zero-order chi connectivity index (χ0) is 15.0. The van der Waals surface area contributed by atoms with Crippen LogP contribution in [0.3, 0.4) is 0 Å². The number of methoxy groups -OCH3 is 1. The quantitative estimate of drug-likeness (QED) is 0.758. The molecule has 1 rings (SSSR count). The molecule has 110 valence electrons. The third-order valence-electron chi connectivity index (χ3n) is 2.49. The first-order chi connectivity index (χ1) is 9.51. The van der Waals surface area contributed by atoms with Crippen molar-refractivity contribution in [3.63, 3.8) is 0 Å². The van der Waals surface area contributed by atoms with Crippen LogP contribution >= 0.6 is 0 Å². The SMILES string of the molecule is COCC(C)CC(=O)Nc1ccc(OCC(=O)O)cc1. The fourth-order valence-corrected chi connectivity index (χ4v) is 1.65. The van der Waals surface area contributed by atoms with E-state index in [9.17, 15) is 9.59 Å². The number of hydrogen-bond donors (Lipinski definition) is 2. The lowest BCUT2D eigenvalue weighted by Gasteiger charge is -2.11. The molecule has 0 aliphatic rings. The molecule has 0 heterocycles. The zero-order valence-electron chi connectivity index (χ0n) is 11.6. The Kier molecular flexibility index (Phi) is 6.52. The summed E-state index contributed by atoms with van der Waals surface area (Å²) in [5.41, 5.74) is 0.641. The molecule has 0 spiro atoms. The molecule has 0 fully saturated rings. The van der Waals surface area contributed by atoms with Gasteiger partial charge < -0.3 is 19.9 Å². The number of aliphatic carboxylic acids is 1. The molecule has 0 bridgehead atoms. The molecule has 0 aliphatic carbocycles. The van der Waals surface area contributed by atoms with Crippen molar-refractivity contribution in [2.75, 3.05) is 25.6 Å². The molecule has 0 aliphatic heterocycles. The fraction of sp³-hybridized carbons (Fsp3) is 0.429. The van der Waals surface area contributed by atoms with Crippen LogP contribution < -0.4 is 10.1 Å². The molecule has 0 aromatic heterocycles. The Morgan fingerprint density at radius 2 is 1.95 bits per heavy atom. The Morgan fingerprint density at radius 3 is 2.50 bits per heavy atom. The standard InChI is InChI=1S/C14H19NO5/c1-10(8-19-2)7-13(16)15-11-3-5-12(6-4-11)20-9-14(17)18/h3-6,10H,7-9H2,1-2H3,(H,15,16)(H,17,18). The lowest BCUT2D eigenvalue weighted by atomic mass is 10.1. The molecule has 1 unspecified atom stereocenters. The van der Waals surface area contributed by atoms with Crippen LogP contribution in [0.2, 0.25) is 0 Å². The van der Waals surface area contributed by atoms with Crippen LogP contribution in [0.4, 0.5) is 5.69 Å². The van der Waals surface area contributed by atoms with Gasteiger partial charge in [0.25, 0.3) is 0 Å². The molecule has 1 aromatic rings. The number of benzene rings is 1. The number of carboxylic acids is 1. The summed E-state index contributed by atoms with van der Waals surface area (Å²) in [6.45, 7) is 2.08. The number of nitrogens with one attached hydrogen (secondary N) is 1. The van der Waals surface area contributed by atoms with Gasteiger partial charge in [-0.25, -0.2) is 4.79 Å². The summed E-state index contributed by atoms with van der Waals surface area (Å²) in [6, 6.07) is 6.54. The number of carboxylic acid groups (broad SMARTS) is 1. The van der Waals surface area contributed by atoms with Gasteiger partial charge in [0, 0.05) is 25.8 Å². The van der Waals surface area contributed by atoms with Crippen molar-refractivity contribution in [3.8, 4) is 5.75 Å². The molecule has 1 atom stereocenters. The first-order valence-electron chi connectivity index (χ1n) is 6.24. The highest BCUT2D eigenvalue weighted by Crippen LogP contribution is 2.16. The highest BCUT2D eigenvalue weighted by atomic mass is 16.5. The first kappa shape index (κ1) is 16.0. The minimum atomic E-state index is -1.03. The third kappa shape index (κ3) is 6.19. The number of hydrogen-bond acceptors (Lipinski definition) is 4. The number of carbonyl (C=O) groups is 2. The summed E-state index contributed by atoms with van der Waals surface area (Å²) < 4.78 is 9.97. The van der Waals surface area contributed by atoms with Crippen LogP contribution in [0.5, 0.6) is 5.75 Å². The molecule has 0 radical (unpaired) electrons. The zero-order valence-corrected chi connectivity index (χ0v) is 11.6. The summed E-state index contributed by atoms with van der Waals surface area (Å²) >= 11 is 0. The molecule has 6 nitrogen and oxygen atoms in total. The second-order valence-corrected chi connectivity index (χ2v) is 4.52. The molecule has 6 heteroatoms. The third-order valence-corrected chi connectivity index (χ3v) is 2.49. The van der Waals surface area contributed by atoms with Gasteiger partial charge in [-0.05, 0) is 30.2 Å². The van der Waals surface area contributed by atoms with Gasteiger partial charge in [-0.3, -0.25) is 4.79 Å². The molecule has 0 saturated carbocycles. The average Bonchev–Trinajstić information content (AvgIpc) is 2.37. The van der Waals surface area contributed by atoms with E-state index in [0.29, 0.717) is 24.5 Å². The Hall–Kier alpha value is -2.08. The highest BCUT2D eigenvalue weighted by molar-refractivity contribution is 5.90. The minimum Gasteiger partial charge on any atom is -0.482 e. The molecule has 1 amide bonds. The van der Waals surface area contributed by atoms with Crippen LogP contribution in [0.15, 0.2) is 24.3 Å². The van der Waals surface area contributed by atoms with Gasteiger partial charge in [-0.2, -0.15) is 0 Å². The van der Waals surface area contributed by atoms with Crippen molar-refractivity contribution >= 4 is 17.6 Å². The summed E-state index contributed by atoms with van der Waals surface area (Å²) in [5.74, 6) is -0.528. The normalized spacial score (nSPS) is 11.7. The lowest BCUT2D eigenvalue weighted by Crippen LogP contribution is -2.17. The van der Waals surface area contributed by atoms with Gasteiger partial charge in [0.15, 0.2) is 6.61 Å². The average molecular weight is 281 g/mol. The van der Waals surface area contributed by atoms with Gasteiger partial charge in [-0.1, -0.05) is 6.92 Å². The number of anilines is 1. The molecular formula is C14H19NO5. The van der Waals surface area contributed by atoms with E-state index in [4.69, 9.17) is 14.6 Å². The van der Waals surface area contributed by atoms with Crippen molar-refractivity contribution in [2.24, 2.45) is 5.92 Å². The van der Waals surface area contributed by atoms with Crippen LogP contribution in [-0.4, -0.2) is 37.3 Å². The Bertz CT molecular complexity index is 443. The van der Waals surface area contributed by atoms with E-state index in [1.807, 2.05) is 6.92 Å². The summed E-state index contributed by atoms with van der Waals surface area (Å²) in [4.78, 5) is 22.1. The van der Waals surface area contributed by atoms with Gasteiger partial charge >= 0.3 is 5.97 Å². The smallest absolute Gasteiger partial charge is 0.341 e. The monoisotopic (exact) mass is 281 g/mol. The number of amides is 1. The van der Waals surface area contributed by atoms with Gasteiger partial charge in [0.05, 0.1) is 0 Å². The number of ether oxygens (including phenoxy) is 2. The van der Waals surface area contributed by atoms with Gasteiger partial charge in [-0.15, -0.1) is 0 Å². The maximum atomic E-state index is 11.7. The Morgan fingerprint density at radius 1 is 1.30 bits per heavy atom. The van der Waals surface area contributed by atoms with Crippen molar-refractivity contribution in [3.05, 3.63) is 24.3 Å². The topological polar surface area (TPSA) is 84.9 Å². The van der Waals surface area contributed by atoms with E-state index in [2.05, 4.69) is 5.32 Å². The van der Waals surface area contributed by atoms with Crippen molar-refractivity contribution in [2.45, 2.75) is 13.3 Å². The maximum Gasteiger partial charge on any atom is 0.341 e. The van der Waals surface area contributed by atoms with Crippen LogP contribution in [0.25, 0.3) is 0 Å². The predicted octanol–water partition coefficient (Wildman–Crippen LogP) is 1.76. The molecule has 20 heavy (non-hydrogen) atoms. The number of carbonyl (C=O) groups excluding carboxylic acids is 1. The van der Waals surface area contributed by atoms with E-state index < -0.39 is 5.97 Å². The predicted molar refractivity (Wildman–Crippen MR) is 73.9 cm³/mol. The lowest BCUT2D eigenvalue weighted by molar-refractivity contribution is -0.139. The largest absolute Gasteiger partial charge is 0.482 e.